The highest BCUT2D eigenvalue weighted by molar-refractivity contribution is 6.30. The number of benzene rings is 2. The van der Waals surface area contributed by atoms with Crippen LogP contribution in [-0.2, 0) is 4.79 Å². The Hall–Kier alpha value is -2.93. The molecule has 8 heteroatoms. The fraction of sp³-hybridized carbons (Fsp3) is 0.176. The number of hydrogen-bond acceptors (Lipinski definition) is 4. The SMILES string of the molecule is Cc1c(NC(=O)CCNC(=O)c2ccc(Cl)cc2)cccc1[N+](=O)[O-]. The molecule has 2 aromatic carbocycles. The Labute approximate surface area is 149 Å². The Balaban J connectivity index is 1.87. The first-order valence-corrected chi connectivity index (χ1v) is 7.84. The van der Waals surface area contributed by atoms with E-state index in [4.69, 9.17) is 11.6 Å². The predicted molar refractivity (Wildman–Crippen MR) is 94.9 cm³/mol. The van der Waals surface area contributed by atoms with Crippen molar-refractivity contribution in [2.75, 3.05) is 11.9 Å². The second-order valence-corrected chi connectivity index (χ2v) is 5.70. The van der Waals surface area contributed by atoms with Crippen molar-refractivity contribution in [3.05, 3.63) is 68.7 Å². The summed E-state index contributed by atoms with van der Waals surface area (Å²) in [5.41, 5.74) is 1.14. The molecule has 25 heavy (non-hydrogen) atoms. The zero-order chi connectivity index (χ0) is 18.4. The second-order valence-electron chi connectivity index (χ2n) is 5.27. The molecule has 0 saturated carbocycles. The van der Waals surface area contributed by atoms with E-state index < -0.39 is 4.92 Å². The fourth-order valence-electron chi connectivity index (χ4n) is 2.16. The van der Waals surface area contributed by atoms with Gasteiger partial charge in [0.15, 0.2) is 0 Å². The maximum Gasteiger partial charge on any atom is 0.274 e. The molecule has 2 aromatic rings. The average molecular weight is 362 g/mol. The highest BCUT2D eigenvalue weighted by Crippen LogP contribution is 2.25. The highest BCUT2D eigenvalue weighted by Gasteiger charge is 2.14. The zero-order valence-corrected chi connectivity index (χ0v) is 14.2. The molecule has 0 aromatic heterocycles. The van der Waals surface area contributed by atoms with Crippen molar-refractivity contribution < 1.29 is 14.5 Å². The molecule has 0 heterocycles. The summed E-state index contributed by atoms with van der Waals surface area (Å²) in [7, 11) is 0. The summed E-state index contributed by atoms with van der Waals surface area (Å²) in [5.74, 6) is -0.656. The number of hydrogen-bond donors (Lipinski definition) is 2. The van der Waals surface area contributed by atoms with Crippen LogP contribution in [0.2, 0.25) is 5.02 Å². The van der Waals surface area contributed by atoms with Gasteiger partial charge in [0.2, 0.25) is 5.91 Å². The van der Waals surface area contributed by atoms with Gasteiger partial charge < -0.3 is 10.6 Å². The molecule has 0 aliphatic rings. The molecule has 0 bridgehead atoms. The summed E-state index contributed by atoms with van der Waals surface area (Å²) < 4.78 is 0. The normalized spacial score (nSPS) is 10.2. The van der Waals surface area contributed by atoms with E-state index in [0.717, 1.165) is 0 Å². The molecule has 0 unspecified atom stereocenters. The lowest BCUT2D eigenvalue weighted by atomic mass is 10.1. The number of carbonyl (C=O) groups is 2. The quantitative estimate of drug-likeness (QED) is 0.608. The van der Waals surface area contributed by atoms with Gasteiger partial charge in [-0.2, -0.15) is 0 Å². The van der Waals surface area contributed by atoms with Crippen LogP contribution < -0.4 is 10.6 Å². The first-order valence-electron chi connectivity index (χ1n) is 7.46. The van der Waals surface area contributed by atoms with Gasteiger partial charge in [0.05, 0.1) is 16.2 Å². The van der Waals surface area contributed by atoms with E-state index in [1.807, 2.05) is 0 Å². The third-order valence-corrected chi connectivity index (χ3v) is 3.77. The number of anilines is 1. The van der Waals surface area contributed by atoms with Crippen LogP contribution in [0, 0.1) is 17.0 Å². The van der Waals surface area contributed by atoms with E-state index in [-0.39, 0.29) is 30.5 Å². The topological polar surface area (TPSA) is 101 Å². The predicted octanol–water partition coefficient (Wildman–Crippen LogP) is 3.32. The number of nitro benzene ring substituents is 1. The van der Waals surface area contributed by atoms with Crippen molar-refractivity contribution in [2.45, 2.75) is 13.3 Å². The van der Waals surface area contributed by atoms with E-state index in [2.05, 4.69) is 10.6 Å². The number of rotatable bonds is 6. The fourth-order valence-corrected chi connectivity index (χ4v) is 2.29. The summed E-state index contributed by atoms with van der Waals surface area (Å²) in [6.45, 7) is 1.71. The van der Waals surface area contributed by atoms with Crippen LogP contribution in [-0.4, -0.2) is 23.3 Å². The van der Waals surface area contributed by atoms with Crippen LogP contribution >= 0.6 is 11.6 Å². The van der Waals surface area contributed by atoms with Gasteiger partial charge in [-0.25, -0.2) is 0 Å². The molecule has 0 spiro atoms. The van der Waals surface area contributed by atoms with E-state index in [1.165, 1.54) is 12.1 Å². The van der Waals surface area contributed by atoms with Gasteiger partial charge in [-0.3, -0.25) is 19.7 Å². The summed E-state index contributed by atoms with van der Waals surface area (Å²) >= 11 is 5.76. The molecule has 2 amide bonds. The highest BCUT2D eigenvalue weighted by atomic mass is 35.5. The summed E-state index contributed by atoms with van der Waals surface area (Å²) in [5, 5.41) is 16.7. The summed E-state index contributed by atoms with van der Waals surface area (Å²) in [4.78, 5) is 34.3. The maximum atomic E-state index is 12.0. The van der Waals surface area contributed by atoms with Gasteiger partial charge in [-0.15, -0.1) is 0 Å². The van der Waals surface area contributed by atoms with Crippen LogP contribution in [0.5, 0.6) is 0 Å². The van der Waals surface area contributed by atoms with E-state index in [0.29, 0.717) is 21.8 Å². The van der Waals surface area contributed by atoms with Crippen molar-refractivity contribution in [3.63, 3.8) is 0 Å². The second kappa shape index (κ2) is 8.25. The molecule has 0 aliphatic carbocycles. The Bertz CT molecular complexity index is 806. The molecule has 2 N–H and O–H groups in total. The monoisotopic (exact) mass is 361 g/mol. The van der Waals surface area contributed by atoms with E-state index in [1.54, 1.807) is 37.3 Å². The number of amides is 2. The van der Waals surface area contributed by atoms with Gasteiger partial charge in [0.1, 0.15) is 0 Å². The molecule has 0 saturated heterocycles. The van der Waals surface area contributed by atoms with Gasteiger partial charge in [-0.1, -0.05) is 17.7 Å². The number of halogens is 1. The first kappa shape index (κ1) is 18.4. The Kier molecular flexibility index (Phi) is 6.08. The molecule has 2 rings (SSSR count). The van der Waals surface area contributed by atoms with Gasteiger partial charge in [0, 0.05) is 29.6 Å². The minimum atomic E-state index is -0.503. The van der Waals surface area contributed by atoms with Crippen molar-refractivity contribution in [1.82, 2.24) is 5.32 Å². The Morgan fingerprint density at radius 3 is 2.48 bits per heavy atom. The smallest absolute Gasteiger partial charge is 0.274 e. The number of nitro groups is 1. The van der Waals surface area contributed by atoms with Gasteiger partial charge in [0.25, 0.3) is 11.6 Å². The molecule has 130 valence electrons. The molecular formula is C17H16ClN3O4. The average Bonchev–Trinajstić information content (AvgIpc) is 2.57. The Morgan fingerprint density at radius 1 is 1.16 bits per heavy atom. The van der Waals surface area contributed by atoms with Crippen molar-refractivity contribution >= 4 is 34.8 Å². The standard InChI is InChI=1S/C17H16ClN3O4/c1-11-14(3-2-4-15(11)21(24)25)20-16(22)9-10-19-17(23)12-5-7-13(18)8-6-12/h2-8H,9-10H2,1H3,(H,19,23)(H,20,22). The van der Waals surface area contributed by atoms with Gasteiger partial charge >= 0.3 is 0 Å². The lowest BCUT2D eigenvalue weighted by Crippen LogP contribution is -2.27. The van der Waals surface area contributed by atoms with Crippen molar-refractivity contribution in [2.24, 2.45) is 0 Å². The van der Waals surface area contributed by atoms with Crippen LogP contribution in [0.1, 0.15) is 22.3 Å². The summed E-state index contributed by atoms with van der Waals surface area (Å²) in [6, 6.07) is 10.9. The lowest BCUT2D eigenvalue weighted by molar-refractivity contribution is -0.385. The lowest BCUT2D eigenvalue weighted by Gasteiger charge is -2.09. The number of nitrogens with zero attached hydrogens (tertiary/aromatic N) is 1. The zero-order valence-electron chi connectivity index (χ0n) is 13.4. The largest absolute Gasteiger partial charge is 0.352 e. The maximum absolute atomic E-state index is 12.0. The van der Waals surface area contributed by atoms with Crippen LogP contribution in [0.4, 0.5) is 11.4 Å². The van der Waals surface area contributed by atoms with Gasteiger partial charge in [-0.05, 0) is 37.3 Å². The third-order valence-electron chi connectivity index (χ3n) is 3.52. The molecule has 0 fully saturated rings. The molecular weight excluding hydrogens is 346 g/mol. The van der Waals surface area contributed by atoms with Crippen LogP contribution in [0.15, 0.2) is 42.5 Å². The van der Waals surface area contributed by atoms with E-state index >= 15 is 0 Å². The molecule has 0 radical (unpaired) electrons. The third kappa shape index (κ3) is 5.02. The molecule has 0 aliphatic heterocycles. The van der Waals surface area contributed by atoms with Crippen LogP contribution in [0.3, 0.4) is 0 Å². The number of nitrogens with one attached hydrogen (secondary N) is 2. The van der Waals surface area contributed by atoms with Crippen molar-refractivity contribution in [1.29, 1.82) is 0 Å². The Morgan fingerprint density at radius 2 is 1.84 bits per heavy atom. The van der Waals surface area contributed by atoms with Crippen molar-refractivity contribution in [3.8, 4) is 0 Å². The van der Waals surface area contributed by atoms with Crippen LogP contribution in [0.25, 0.3) is 0 Å². The molecule has 0 atom stereocenters. The minimum Gasteiger partial charge on any atom is -0.352 e. The first-order chi connectivity index (χ1) is 11.9. The summed E-state index contributed by atoms with van der Waals surface area (Å²) in [6.07, 6.45) is 0.0431. The number of carbonyl (C=O) groups excluding carboxylic acids is 2. The van der Waals surface area contributed by atoms with E-state index in [9.17, 15) is 19.7 Å². The molecule has 7 nitrogen and oxygen atoms in total. The minimum absolute atomic E-state index is 0.0431.